The van der Waals surface area contributed by atoms with Crippen LogP contribution >= 0.6 is 11.3 Å². The van der Waals surface area contributed by atoms with Crippen LogP contribution in [0.15, 0.2) is 21.7 Å². The number of amides is 1. The van der Waals surface area contributed by atoms with E-state index in [-0.39, 0.29) is 16.7 Å². The minimum atomic E-state index is -3.58. The fourth-order valence-electron chi connectivity index (χ4n) is 2.34. The fraction of sp³-hybridized carbons (Fsp3) is 0.667. The lowest BCUT2D eigenvalue weighted by molar-refractivity contribution is -0.121. The second-order valence-electron chi connectivity index (χ2n) is 5.97. The Hall–Kier alpha value is -0.960. The highest BCUT2D eigenvalue weighted by Gasteiger charge is 2.23. The third-order valence-corrected chi connectivity index (χ3v) is 6.72. The van der Waals surface area contributed by atoms with Gasteiger partial charge < -0.3 is 5.32 Å². The monoisotopic (exact) mass is 361 g/mol. The van der Waals surface area contributed by atoms with Crippen molar-refractivity contribution < 1.29 is 13.2 Å². The summed E-state index contributed by atoms with van der Waals surface area (Å²) < 4.78 is 25.8. The zero-order chi connectivity index (χ0) is 17.6. The fourth-order valence-corrected chi connectivity index (χ4v) is 4.67. The second-order valence-corrected chi connectivity index (χ2v) is 9.19. The van der Waals surface area contributed by atoms with E-state index >= 15 is 0 Å². The van der Waals surface area contributed by atoms with Gasteiger partial charge in [0.25, 0.3) is 10.0 Å². The number of nitrogens with zero attached hydrogens (tertiary/aromatic N) is 2. The highest BCUT2D eigenvalue weighted by Crippen LogP contribution is 2.19. The van der Waals surface area contributed by atoms with Crippen LogP contribution in [0.2, 0.25) is 0 Å². The molecule has 1 amide bonds. The second kappa shape index (κ2) is 8.77. The number of thiophene rings is 1. The highest BCUT2D eigenvalue weighted by molar-refractivity contribution is 7.91. The van der Waals surface area contributed by atoms with E-state index in [0.717, 1.165) is 22.2 Å². The smallest absolute Gasteiger partial charge is 0.252 e. The Labute approximate surface area is 143 Å². The summed E-state index contributed by atoms with van der Waals surface area (Å²) in [5.74, 6) is -0.292. The van der Waals surface area contributed by atoms with E-state index in [4.69, 9.17) is 0 Å². The molecule has 1 heterocycles. The molecule has 23 heavy (non-hydrogen) atoms. The Morgan fingerprint density at radius 1 is 1.26 bits per heavy atom. The van der Waals surface area contributed by atoms with Crippen LogP contribution in [0.5, 0.6) is 0 Å². The van der Waals surface area contributed by atoms with E-state index in [2.05, 4.69) is 37.9 Å². The molecule has 0 bridgehead atoms. The third kappa shape index (κ3) is 5.87. The number of likely N-dealkylation sites (N-methyl/N-ethyl adjacent to an activating group) is 1. The normalized spacial score (nSPS) is 12.6. The summed E-state index contributed by atoms with van der Waals surface area (Å²) >= 11 is 1.15. The largest absolute Gasteiger partial charge is 0.354 e. The Bertz CT molecular complexity index is 575. The quantitative estimate of drug-likeness (QED) is 0.725. The Kier molecular flexibility index (Phi) is 7.66. The molecule has 0 spiro atoms. The summed E-state index contributed by atoms with van der Waals surface area (Å²) in [5, 5.41) is 4.49. The molecule has 6 nitrogen and oxygen atoms in total. The van der Waals surface area contributed by atoms with Gasteiger partial charge in [-0.1, -0.05) is 6.07 Å². The molecule has 8 heteroatoms. The van der Waals surface area contributed by atoms with E-state index in [1.165, 1.54) is 13.1 Å². The molecular formula is C15H27N3O3S2. The van der Waals surface area contributed by atoms with Crippen molar-refractivity contribution in [1.82, 2.24) is 14.5 Å². The van der Waals surface area contributed by atoms with Gasteiger partial charge in [-0.05, 0) is 39.1 Å². The minimum Gasteiger partial charge on any atom is -0.354 e. The first-order valence-corrected chi connectivity index (χ1v) is 10.0. The molecule has 132 valence electrons. The minimum absolute atomic E-state index is 0.177. The van der Waals surface area contributed by atoms with Crippen LogP contribution in [0.3, 0.4) is 0 Å². The SMILES string of the molecule is CC(C)N(CCNC(=O)CN(C)S(=O)(=O)c1cccs1)C(C)C. The maximum atomic E-state index is 12.2. The lowest BCUT2D eigenvalue weighted by Gasteiger charge is -2.30. The number of carbonyl (C=O) groups is 1. The number of sulfonamides is 1. The van der Waals surface area contributed by atoms with Crippen LogP contribution in [0, 0.1) is 0 Å². The van der Waals surface area contributed by atoms with Crippen molar-refractivity contribution in [3.05, 3.63) is 17.5 Å². The first-order chi connectivity index (χ1) is 10.7. The number of carbonyl (C=O) groups excluding carboxylic acids is 1. The average Bonchev–Trinajstić information content (AvgIpc) is 2.97. The molecule has 0 aromatic carbocycles. The van der Waals surface area contributed by atoms with E-state index in [0.29, 0.717) is 18.6 Å². The average molecular weight is 362 g/mol. The molecule has 1 aromatic rings. The van der Waals surface area contributed by atoms with Crippen molar-refractivity contribution in [3.8, 4) is 0 Å². The maximum Gasteiger partial charge on any atom is 0.252 e. The predicted octanol–water partition coefficient (Wildman–Crippen LogP) is 1.60. The lowest BCUT2D eigenvalue weighted by Crippen LogP contribution is -2.44. The number of hydrogen-bond acceptors (Lipinski definition) is 5. The van der Waals surface area contributed by atoms with Gasteiger partial charge in [0.2, 0.25) is 5.91 Å². The summed E-state index contributed by atoms with van der Waals surface area (Å²) in [6.07, 6.45) is 0. The molecule has 0 saturated carbocycles. The van der Waals surface area contributed by atoms with E-state index in [1.807, 2.05) is 0 Å². The van der Waals surface area contributed by atoms with Crippen molar-refractivity contribution in [1.29, 1.82) is 0 Å². The van der Waals surface area contributed by atoms with Crippen molar-refractivity contribution in [2.24, 2.45) is 0 Å². The van der Waals surface area contributed by atoms with Crippen LogP contribution in [0.25, 0.3) is 0 Å². The summed E-state index contributed by atoms with van der Waals surface area (Å²) in [6.45, 7) is 9.52. The molecule has 0 aliphatic carbocycles. The summed E-state index contributed by atoms with van der Waals surface area (Å²) in [4.78, 5) is 14.2. The molecule has 1 aromatic heterocycles. The topological polar surface area (TPSA) is 69.7 Å². The maximum absolute atomic E-state index is 12.2. The first kappa shape index (κ1) is 20.1. The first-order valence-electron chi connectivity index (χ1n) is 7.68. The summed E-state index contributed by atoms with van der Waals surface area (Å²) in [7, 11) is -2.16. The van der Waals surface area contributed by atoms with Crippen molar-refractivity contribution in [2.45, 2.75) is 44.0 Å². The highest BCUT2D eigenvalue weighted by atomic mass is 32.2. The van der Waals surface area contributed by atoms with Gasteiger partial charge in [-0.2, -0.15) is 4.31 Å². The molecule has 0 saturated heterocycles. The van der Waals surface area contributed by atoms with E-state index < -0.39 is 10.0 Å². The Morgan fingerprint density at radius 2 is 1.87 bits per heavy atom. The molecular weight excluding hydrogens is 334 g/mol. The summed E-state index contributed by atoms with van der Waals surface area (Å²) in [5.41, 5.74) is 0. The molecule has 1 N–H and O–H groups in total. The molecule has 0 aliphatic heterocycles. The van der Waals surface area contributed by atoms with Gasteiger partial charge in [0.1, 0.15) is 4.21 Å². The molecule has 0 fully saturated rings. The predicted molar refractivity (Wildman–Crippen MR) is 94.1 cm³/mol. The zero-order valence-electron chi connectivity index (χ0n) is 14.4. The molecule has 0 unspecified atom stereocenters. The molecule has 1 rings (SSSR count). The van der Waals surface area contributed by atoms with Gasteiger partial charge in [-0.3, -0.25) is 9.69 Å². The van der Waals surface area contributed by atoms with Crippen LogP contribution < -0.4 is 5.32 Å². The Morgan fingerprint density at radius 3 is 2.35 bits per heavy atom. The van der Waals surface area contributed by atoms with Crippen molar-refractivity contribution in [3.63, 3.8) is 0 Å². The lowest BCUT2D eigenvalue weighted by atomic mass is 10.2. The van der Waals surface area contributed by atoms with Gasteiger partial charge in [-0.15, -0.1) is 11.3 Å². The van der Waals surface area contributed by atoms with Crippen molar-refractivity contribution >= 4 is 27.3 Å². The zero-order valence-corrected chi connectivity index (χ0v) is 16.1. The van der Waals surface area contributed by atoms with Gasteiger partial charge in [-0.25, -0.2) is 8.42 Å². The van der Waals surface area contributed by atoms with Crippen molar-refractivity contribution in [2.75, 3.05) is 26.7 Å². The van der Waals surface area contributed by atoms with Crippen LogP contribution in [0.1, 0.15) is 27.7 Å². The van der Waals surface area contributed by atoms with E-state index in [1.54, 1.807) is 11.4 Å². The standard InChI is InChI=1S/C15H27N3O3S2/c1-12(2)18(13(3)4)9-8-16-14(19)11-17(5)23(20,21)15-7-6-10-22-15/h6-7,10,12-13H,8-9,11H2,1-5H3,(H,16,19). The summed E-state index contributed by atoms with van der Waals surface area (Å²) in [6, 6.07) is 4.01. The van der Waals surface area contributed by atoms with Crippen LogP contribution in [0.4, 0.5) is 0 Å². The molecule has 0 aliphatic rings. The Balaban J connectivity index is 2.48. The number of rotatable bonds is 9. The molecule has 0 atom stereocenters. The van der Waals surface area contributed by atoms with Gasteiger partial charge in [0.05, 0.1) is 6.54 Å². The molecule has 0 radical (unpaired) electrons. The van der Waals surface area contributed by atoms with E-state index in [9.17, 15) is 13.2 Å². The van der Waals surface area contributed by atoms with Gasteiger partial charge in [0.15, 0.2) is 0 Å². The van der Waals surface area contributed by atoms with Gasteiger partial charge in [0, 0.05) is 32.2 Å². The number of nitrogens with one attached hydrogen (secondary N) is 1. The van der Waals surface area contributed by atoms with Crippen LogP contribution in [-0.2, 0) is 14.8 Å². The third-order valence-electron chi connectivity index (χ3n) is 3.54. The van der Waals surface area contributed by atoms with Crippen LogP contribution in [-0.4, -0.2) is 62.3 Å². The van der Waals surface area contributed by atoms with Gasteiger partial charge >= 0.3 is 0 Å². The number of hydrogen-bond donors (Lipinski definition) is 1.